The van der Waals surface area contributed by atoms with Crippen LogP contribution < -0.4 is 10.2 Å². The molecule has 1 aromatic carbocycles. The van der Waals surface area contributed by atoms with E-state index in [4.69, 9.17) is 0 Å². The maximum atomic E-state index is 12.4. The highest BCUT2D eigenvalue weighted by Gasteiger charge is 2.24. The summed E-state index contributed by atoms with van der Waals surface area (Å²) in [6.45, 7) is 3.47. The number of rotatable bonds is 7. The predicted molar refractivity (Wildman–Crippen MR) is 107 cm³/mol. The Hall–Kier alpha value is -2.64. The summed E-state index contributed by atoms with van der Waals surface area (Å²) in [6.07, 6.45) is 6.41. The highest BCUT2D eigenvalue weighted by molar-refractivity contribution is 5.95. The Labute approximate surface area is 165 Å². The molecule has 0 unspecified atom stereocenters. The molecule has 2 saturated heterocycles. The summed E-state index contributed by atoms with van der Waals surface area (Å²) in [5.74, 6) is -0.129. The van der Waals surface area contributed by atoms with E-state index < -0.39 is 4.92 Å². The van der Waals surface area contributed by atoms with E-state index in [1.54, 1.807) is 12.1 Å². The standard InChI is InChI=1S/C20H28N4O4/c25-19-7-2-1-3-13-23(19)14-6-10-21-20(26)16-8-9-17(18(15-16)24(27)28)22-11-4-5-12-22/h8-9,15H,1-7,10-14H2,(H,21,26). The summed E-state index contributed by atoms with van der Waals surface area (Å²) in [7, 11) is 0. The lowest BCUT2D eigenvalue weighted by molar-refractivity contribution is -0.384. The van der Waals surface area contributed by atoms with Crippen LogP contribution in [0.15, 0.2) is 18.2 Å². The lowest BCUT2D eigenvalue weighted by Gasteiger charge is -2.20. The van der Waals surface area contributed by atoms with Gasteiger partial charge in [0, 0.05) is 50.8 Å². The van der Waals surface area contributed by atoms with Crippen LogP contribution in [0.4, 0.5) is 11.4 Å². The number of nitrogens with zero attached hydrogens (tertiary/aromatic N) is 3. The number of hydrogen-bond acceptors (Lipinski definition) is 5. The van der Waals surface area contributed by atoms with Crippen molar-refractivity contribution in [3.63, 3.8) is 0 Å². The fourth-order valence-corrected chi connectivity index (χ4v) is 3.89. The Morgan fingerprint density at radius 2 is 1.86 bits per heavy atom. The van der Waals surface area contributed by atoms with E-state index >= 15 is 0 Å². The van der Waals surface area contributed by atoms with Gasteiger partial charge in [0.25, 0.3) is 11.6 Å². The summed E-state index contributed by atoms with van der Waals surface area (Å²) in [4.78, 5) is 39.3. The zero-order valence-corrected chi connectivity index (χ0v) is 16.2. The van der Waals surface area contributed by atoms with Gasteiger partial charge in [-0.3, -0.25) is 19.7 Å². The number of likely N-dealkylation sites (tertiary alicyclic amines) is 1. The summed E-state index contributed by atoms with van der Waals surface area (Å²) in [5.41, 5.74) is 0.851. The van der Waals surface area contributed by atoms with Crippen molar-refractivity contribution >= 4 is 23.2 Å². The molecular weight excluding hydrogens is 360 g/mol. The summed E-state index contributed by atoms with van der Waals surface area (Å²) in [5, 5.41) is 14.3. The lowest BCUT2D eigenvalue weighted by Crippen LogP contribution is -2.34. The molecule has 152 valence electrons. The summed E-state index contributed by atoms with van der Waals surface area (Å²) >= 11 is 0. The summed E-state index contributed by atoms with van der Waals surface area (Å²) in [6, 6.07) is 4.68. The molecule has 0 aromatic heterocycles. The fourth-order valence-electron chi connectivity index (χ4n) is 3.89. The highest BCUT2D eigenvalue weighted by atomic mass is 16.6. The molecule has 1 N–H and O–H groups in total. The van der Waals surface area contributed by atoms with Crippen molar-refractivity contribution < 1.29 is 14.5 Å². The molecule has 0 saturated carbocycles. The average Bonchev–Trinajstić information content (AvgIpc) is 3.15. The quantitative estimate of drug-likeness (QED) is 0.440. The number of nitro benzene ring substituents is 1. The Morgan fingerprint density at radius 3 is 2.61 bits per heavy atom. The first kappa shape index (κ1) is 20.1. The first-order valence-electron chi connectivity index (χ1n) is 10.2. The van der Waals surface area contributed by atoms with Crippen molar-refractivity contribution in [2.45, 2.75) is 44.9 Å². The topological polar surface area (TPSA) is 95.8 Å². The molecule has 0 spiro atoms. The normalized spacial score (nSPS) is 17.5. The Kier molecular flexibility index (Phi) is 6.84. The maximum absolute atomic E-state index is 12.4. The molecule has 8 nitrogen and oxygen atoms in total. The lowest BCUT2D eigenvalue weighted by atomic mass is 10.1. The van der Waals surface area contributed by atoms with Crippen LogP contribution in [0.2, 0.25) is 0 Å². The van der Waals surface area contributed by atoms with Gasteiger partial charge < -0.3 is 15.1 Å². The van der Waals surface area contributed by atoms with Crippen LogP contribution >= 0.6 is 0 Å². The molecule has 3 rings (SSSR count). The molecule has 2 heterocycles. The van der Waals surface area contributed by atoms with Gasteiger partial charge in [0.15, 0.2) is 0 Å². The van der Waals surface area contributed by atoms with E-state index in [0.29, 0.717) is 37.2 Å². The number of nitrogens with one attached hydrogen (secondary N) is 1. The molecule has 1 aromatic rings. The van der Waals surface area contributed by atoms with E-state index in [1.165, 1.54) is 6.07 Å². The van der Waals surface area contributed by atoms with Crippen molar-refractivity contribution in [3.05, 3.63) is 33.9 Å². The monoisotopic (exact) mass is 388 g/mol. The van der Waals surface area contributed by atoms with Crippen LogP contribution in [0.5, 0.6) is 0 Å². The second-order valence-electron chi connectivity index (χ2n) is 7.46. The second-order valence-corrected chi connectivity index (χ2v) is 7.46. The minimum absolute atomic E-state index is 0.0234. The van der Waals surface area contributed by atoms with Gasteiger partial charge in [-0.15, -0.1) is 0 Å². The van der Waals surface area contributed by atoms with E-state index in [-0.39, 0.29) is 17.5 Å². The Morgan fingerprint density at radius 1 is 1.11 bits per heavy atom. The average molecular weight is 388 g/mol. The van der Waals surface area contributed by atoms with Gasteiger partial charge in [-0.05, 0) is 44.2 Å². The molecule has 8 heteroatoms. The van der Waals surface area contributed by atoms with Crippen molar-refractivity contribution in [2.24, 2.45) is 0 Å². The number of anilines is 1. The van der Waals surface area contributed by atoms with E-state index in [2.05, 4.69) is 5.32 Å². The smallest absolute Gasteiger partial charge is 0.293 e. The Bertz CT molecular complexity index is 731. The minimum Gasteiger partial charge on any atom is -0.366 e. The van der Waals surface area contributed by atoms with Gasteiger partial charge in [-0.25, -0.2) is 0 Å². The third-order valence-electron chi connectivity index (χ3n) is 5.44. The van der Waals surface area contributed by atoms with E-state index in [0.717, 1.165) is 51.7 Å². The van der Waals surface area contributed by atoms with Crippen LogP contribution in [0.3, 0.4) is 0 Å². The van der Waals surface area contributed by atoms with E-state index in [1.807, 2.05) is 9.80 Å². The van der Waals surface area contributed by atoms with Gasteiger partial charge in [0.1, 0.15) is 5.69 Å². The molecule has 0 bridgehead atoms. The molecule has 2 aliphatic heterocycles. The third kappa shape index (κ3) is 4.99. The number of hydrogen-bond donors (Lipinski definition) is 1. The van der Waals surface area contributed by atoms with Gasteiger partial charge in [0.05, 0.1) is 4.92 Å². The molecule has 0 aliphatic carbocycles. The largest absolute Gasteiger partial charge is 0.366 e. The van der Waals surface area contributed by atoms with Crippen molar-refractivity contribution in [1.29, 1.82) is 0 Å². The summed E-state index contributed by atoms with van der Waals surface area (Å²) < 4.78 is 0. The van der Waals surface area contributed by atoms with Gasteiger partial charge in [-0.1, -0.05) is 6.42 Å². The number of nitro groups is 1. The van der Waals surface area contributed by atoms with E-state index in [9.17, 15) is 19.7 Å². The molecule has 0 atom stereocenters. The van der Waals surface area contributed by atoms with Crippen molar-refractivity contribution in [3.8, 4) is 0 Å². The molecule has 2 amide bonds. The number of carbonyl (C=O) groups excluding carboxylic acids is 2. The number of amides is 2. The number of carbonyl (C=O) groups is 2. The maximum Gasteiger partial charge on any atom is 0.293 e. The van der Waals surface area contributed by atoms with Crippen LogP contribution in [-0.4, -0.2) is 54.4 Å². The van der Waals surface area contributed by atoms with Gasteiger partial charge >= 0.3 is 0 Å². The number of benzene rings is 1. The third-order valence-corrected chi connectivity index (χ3v) is 5.44. The fraction of sp³-hybridized carbons (Fsp3) is 0.600. The van der Waals surface area contributed by atoms with Crippen LogP contribution in [-0.2, 0) is 4.79 Å². The molecule has 0 radical (unpaired) electrons. The predicted octanol–water partition coefficient (Wildman–Crippen LogP) is 2.72. The van der Waals surface area contributed by atoms with Crippen molar-refractivity contribution in [2.75, 3.05) is 37.6 Å². The first-order valence-corrected chi connectivity index (χ1v) is 10.2. The van der Waals surface area contributed by atoms with Crippen LogP contribution in [0.1, 0.15) is 55.3 Å². The van der Waals surface area contributed by atoms with Gasteiger partial charge in [0.2, 0.25) is 5.91 Å². The van der Waals surface area contributed by atoms with Gasteiger partial charge in [-0.2, -0.15) is 0 Å². The molecule has 2 fully saturated rings. The SMILES string of the molecule is O=C(NCCCN1CCCCCC1=O)c1ccc(N2CCCC2)c([N+](=O)[O-])c1. The molecule has 28 heavy (non-hydrogen) atoms. The van der Waals surface area contributed by atoms with Crippen molar-refractivity contribution in [1.82, 2.24) is 10.2 Å². The van der Waals surface area contributed by atoms with Crippen LogP contribution in [0.25, 0.3) is 0 Å². The second kappa shape index (κ2) is 9.52. The zero-order chi connectivity index (χ0) is 19.9. The van der Waals surface area contributed by atoms with Crippen LogP contribution in [0, 0.1) is 10.1 Å². The Balaban J connectivity index is 1.54. The molecule has 2 aliphatic rings. The minimum atomic E-state index is -0.421. The highest BCUT2D eigenvalue weighted by Crippen LogP contribution is 2.31. The molecular formula is C20H28N4O4. The zero-order valence-electron chi connectivity index (χ0n) is 16.2. The first-order chi connectivity index (χ1) is 13.6.